The molecule has 0 saturated heterocycles. The molecule has 1 aromatic carbocycles. The van der Waals surface area contributed by atoms with E-state index in [0.717, 1.165) is 0 Å². The first kappa shape index (κ1) is 17.8. The zero-order valence-electron chi connectivity index (χ0n) is 13.7. The number of para-hydroxylation sites is 1. The van der Waals surface area contributed by atoms with Crippen LogP contribution in [0.1, 0.15) is 30.5 Å². The second-order valence-corrected chi connectivity index (χ2v) is 6.28. The number of hydrogen-bond acceptors (Lipinski definition) is 4. The summed E-state index contributed by atoms with van der Waals surface area (Å²) in [5, 5.41) is 20.3. The van der Waals surface area contributed by atoms with Crippen LogP contribution < -0.4 is 5.56 Å². The van der Waals surface area contributed by atoms with E-state index in [1.807, 2.05) is 19.9 Å². The molecule has 24 heavy (non-hydrogen) atoms. The van der Waals surface area contributed by atoms with Gasteiger partial charge in [0.25, 0.3) is 5.56 Å². The molecule has 0 saturated carbocycles. The largest absolute Gasteiger partial charge is 0.494 e. The van der Waals surface area contributed by atoms with Crippen molar-refractivity contribution < 1.29 is 5.11 Å². The van der Waals surface area contributed by atoms with Gasteiger partial charge in [-0.25, -0.2) is 0 Å². The van der Waals surface area contributed by atoms with Gasteiger partial charge in [0, 0.05) is 12.8 Å². The summed E-state index contributed by atoms with van der Waals surface area (Å²) in [6, 6.07) is 8.96. The van der Waals surface area contributed by atoms with Crippen molar-refractivity contribution >= 4 is 23.5 Å². The maximum atomic E-state index is 12.4. The van der Waals surface area contributed by atoms with Gasteiger partial charge in [-0.3, -0.25) is 14.4 Å². The van der Waals surface area contributed by atoms with Gasteiger partial charge in [0.2, 0.25) is 5.88 Å². The van der Waals surface area contributed by atoms with E-state index >= 15 is 0 Å². The molecule has 1 aromatic heterocycles. The van der Waals surface area contributed by atoms with Crippen molar-refractivity contribution in [1.82, 2.24) is 4.57 Å². The van der Waals surface area contributed by atoms with Gasteiger partial charge < -0.3 is 5.11 Å². The standard InChI is InChI=1S/C18H18ClN3O2/c1-11(2)10-22-17(23)13(8-20)12(3)14(18(22)24)9-21-16-7-5-4-6-15(16)19/h4-7,9,11,24H,10H2,1-3H3. The number of rotatable bonds is 4. The summed E-state index contributed by atoms with van der Waals surface area (Å²) in [5.74, 6) is -0.0581. The van der Waals surface area contributed by atoms with Gasteiger partial charge in [-0.05, 0) is 30.5 Å². The minimum absolute atomic E-state index is 0.00839. The minimum Gasteiger partial charge on any atom is -0.494 e. The van der Waals surface area contributed by atoms with E-state index in [4.69, 9.17) is 11.6 Å². The van der Waals surface area contributed by atoms with Crippen molar-refractivity contribution in [2.24, 2.45) is 10.9 Å². The van der Waals surface area contributed by atoms with E-state index in [9.17, 15) is 15.2 Å². The summed E-state index contributed by atoms with van der Waals surface area (Å²) in [7, 11) is 0. The number of aromatic nitrogens is 1. The maximum Gasteiger partial charge on any atom is 0.271 e. The van der Waals surface area contributed by atoms with Gasteiger partial charge in [0.1, 0.15) is 11.6 Å². The smallest absolute Gasteiger partial charge is 0.271 e. The Morgan fingerprint density at radius 2 is 2.08 bits per heavy atom. The number of pyridine rings is 1. The molecule has 2 aromatic rings. The van der Waals surface area contributed by atoms with Crippen LogP contribution in [0.2, 0.25) is 5.02 Å². The van der Waals surface area contributed by atoms with Crippen molar-refractivity contribution in [2.75, 3.05) is 0 Å². The summed E-state index contributed by atoms with van der Waals surface area (Å²) in [6.45, 7) is 5.78. The SMILES string of the molecule is Cc1c(C=Nc2ccccc2Cl)c(O)n(CC(C)C)c(=O)c1C#N. The lowest BCUT2D eigenvalue weighted by Crippen LogP contribution is -2.27. The molecular formula is C18H18ClN3O2. The Morgan fingerprint density at radius 3 is 2.67 bits per heavy atom. The van der Waals surface area contributed by atoms with E-state index in [1.165, 1.54) is 10.8 Å². The topological polar surface area (TPSA) is 78.4 Å². The fourth-order valence-electron chi connectivity index (χ4n) is 2.35. The summed E-state index contributed by atoms with van der Waals surface area (Å²) in [5.41, 5.74) is 0.797. The molecule has 0 radical (unpaired) electrons. The quantitative estimate of drug-likeness (QED) is 0.858. The number of nitriles is 1. The first-order chi connectivity index (χ1) is 11.4. The highest BCUT2D eigenvalue weighted by Gasteiger charge is 2.18. The van der Waals surface area contributed by atoms with E-state index < -0.39 is 5.56 Å². The Hall–Kier alpha value is -2.58. The van der Waals surface area contributed by atoms with Gasteiger partial charge in [-0.1, -0.05) is 37.6 Å². The lowest BCUT2D eigenvalue weighted by Gasteiger charge is -2.15. The lowest BCUT2D eigenvalue weighted by atomic mass is 10.1. The first-order valence-electron chi connectivity index (χ1n) is 7.51. The fourth-order valence-corrected chi connectivity index (χ4v) is 2.54. The van der Waals surface area contributed by atoms with Crippen molar-refractivity contribution in [1.29, 1.82) is 5.26 Å². The molecule has 0 aliphatic carbocycles. The Bertz CT molecular complexity index is 892. The van der Waals surface area contributed by atoms with Crippen LogP contribution in [0.25, 0.3) is 0 Å². The summed E-state index contributed by atoms with van der Waals surface area (Å²) in [4.78, 5) is 16.7. The molecule has 0 atom stereocenters. The van der Waals surface area contributed by atoms with E-state index in [2.05, 4.69) is 4.99 Å². The van der Waals surface area contributed by atoms with Gasteiger partial charge in [0.05, 0.1) is 16.3 Å². The van der Waals surface area contributed by atoms with Gasteiger partial charge >= 0.3 is 0 Å². The van der Waals surface area contributed by atoms with E-state index in [1.54, 1.807) is 31.2 Å². The van der Waals surface area contributed by atoms with Crippen molar-refractivity contribution in [2.45, 2.75) is 27.3 Å². The average molecular weight is 344 g/mol. The Morgan fingerprint density at radius 1 is 1.42 bits per heavy atom. The number of benzene rings is 1. The van der Waals surface area contributed by atoms with Crippen LogP contribution in [0.4, 0.5) is 5.69 Å². The predicted molar refractivity (Wildman–Crippen MR) is 95.4 cm³/mol. The van der Waals surface area contributed by atoms with Crippen LogP contribution in [0, 0.1) is 24.2 Å². The second-order valence-electron chi connectivity index (χ2n) is 5.87. The maximum absolute atomic E-state index is 12.4. The number of nitrogens with zero attached hydrogens (tertiary/aromatic N) is 3. The van der Waals surface area contributed by atoms with Crippen LogP contribution in [0.5, 0.6) is 5.88 Å². The third kappa shape index (κ3) is 3.50. The summed E-state index contributed by atoms with van der Waals surface area (Å²) in [6.07, 6.45) is 1.43. The number of halogens is 1. The zero-order chi connectivity index (χ0) is 17.9. The van der Waals surface area contributed by atoms with Crippen LogP contribution in [-0.4, -0.2) is 15.9 Å². The third-order valence-corrected chi connectivity index (χ3v) is 3.90. The van der Waals surface area contributed by atoms with Crippen molar-refractivity contribution in [3.8, 4) is 11.9 Å². The summed E-state index contributed by atoms with van der Waals surface area (Å²) < 4.78 is 1.21. The zero-order valence-corrected chi connectivity index (χ0v) is 14.5. The first-order valence-corrected chi connectivity index (χ1v) is 7.89. The molecule has 0 bridgehead atoms. The minimum atomic E-state index is -0.490. The number of aliphatic imine (C=N–C) groups is 1. The third-order valence-electron chi connectivity index (χ3n) is 3.58. The monoisotopic (exact) mass is 343 g/mol. The Labute approximate surface area is 145 Å². The normalized spacial score (nSPS) is 11.2. The molecule has 6 heteroatoms. The van der Waals surface area contributed by atoms with Crippen molar-refractivity contribution in [3.63, 3.8) is 0 Å². The highest BCUT2D eigenvalue weighted by molar-refractivity contribution is 6.33. The number of aromatic hydroxyl groups is 1. The molecule has 2 rings (SSSR count). The van der Waals surface area contributed by atoms with E-state index in [-0.39, 0.29) is 17.4 Å². The highest BCUT2D eigenvalue weighted by atomic mass is 35.5. The van der Waals surface area contributed by atoms with Crippen LogP contribution in [0.15, 0.2) is 34.1 Å². The van der Waals surface area contributed by atoms with Gasteiger partial charge in [0.15, 0.2) is 0 Å². The van der Waals surface area contributed by atoms with E-state index in [0.29, 0.717) is 28.4 Å². The molecule has 0 amide bonds. The predicted octanol–water partition coefficient (Wildman–Crippen LogP) is 3.79. The molecule has 0 spiro atoms. The molecular weight excluding hydrogens is 326 g/mol. The Kier molecular flexibility index (Phi) is 5.42. The van der Waals surface area contributed by atoms with Crippen LogP contribution >= 0.6 is 11.6 Å². The Balaban J connectivity index is 2.64. The average Bonchev–Trinajstić information content (AvgIpc) is 2.53. The molecule has 0 unspecified atom stereocenters. The number of hydrogen-bond donors (Lipinski definition) is 1. The molecule has 0 aliphatic heterocycles. The molecule has 1 N–H and O–H groups in total. The van der Waals surface area contributed by atoms with Crippen molar-refractivity contribution in [3.05, 3.63) is 56.3 Å². The summed E-state index contributed by atoms with van der Waals surface area (Å²) >= 11 is 6.07. The lowest BCUT2D eigenvalue weighted by molar-refractivity contribution is 0.381. The molecule has 0 aliphatic rings. The molecule has 0 fully saturated rings. The van der Waals surface area contributed by atoms with Crippen LogP contribution in [0.3, 0.4) is 0 Å². The van der Waals surface area contributed by atoms with Gasteiger partial charge in [-0.15, -0.1) is 0 Å². The molecule has 124 valence electrons. The highest BCUT2D eigenvalue weighted by Crippen LogP contribution is 2.26. The van der Waals surface area contributed by atoms with Crippen LogP contribution in [-0.2, 0) is 6.54 Å². The molecule has 1 heterocycles. The van der Waals surface area contributed by atoms with Gasteiger partial charge in [-0.2, -0.15) is 5.26 Å². The fraction of sp³-hybridized carbons (Fsp3) is 0.278. The molecule has 5 nitrogen and oxygen atoms in total. The second kappa shape index (κ2) is 7.33.